The van der Waals surface area contributed by atoms with Gasteiger partial charge in [-0.2, -0.15) is 0 Å². The van der Waals surface area contributed by atoms with Crippen LogP contribution in [0.25, 0.3) is 0 Å². The second-order valence-corrected chi connectivity index (χ2v) is 7.71. The van der Waals surface area contributed by atoms with Crippen LogP contribution in [0.4, 0.5) is 0 Å². The van der Waals surface area contributed by atoms with E-state index in [4.69, 9.17) is 9.47 Å². The first kappa shape index (κ1) is 17.3. The van der Waals surface area contributed by atoms with E-state index in [-0.39, 0.29) is 17.9 Å². The van der Waals surface area contributed by atoms with Gasteiger partial charge in [0.2, 0.25) is 0 Å². The lowest BCUT2D eigenvalue weighted by Crippen LogP contribution is -2.37. The van der Waals surface area contributed by atoms with Gasteiger partial charge in [-0.05, 0) is 55.9 Å². The fourth-order valence-electron chi connectivity index (χ4n) is 4.63. The number of likely N-dealkylation sites (tertiary alicyclic amines) is 1. The van der Waals surface area contributed by atoms with Crippen molar-refractivity contribution in [2.24, 2.45) is 11.3 Å². The largest absolute Gasteiger partial charge is 0.491 e. The maximum atomic E-state index is 12.8. The average molecular weight is 359 g/mol. The summed E-state index contributed by atoms with van der Waals surface area (Å²) in [7, 11) is 0. The maximum absolute atomic E-state index is 12.8. The lowest BCUT2D eigenvalue weighted by Gasteiger charge is -2.23. The van der Waals surface area contributed by atoms with Crippen molar-refractivity contribution < 1.29 is 24.2 Å². The van der Waals surface area contributed by atoms with Crippen molar-refractivity contribution in [1.82, 2.24) is 4.90 Å². The van der Waals surface area contributed by atoms with Gasteiger partial charge in [-0.3, -0.25) is 9.59 Å². The summed E-state index contributed by atoms with van der Waals surface area (Å²) in [5, 5.41) is 9.66. The summed E-state index contributed by atoms with van der Waals surface area (Å²) >= 11 is 0. The lowest BCUT2D eigenvalue weighted by atomic mass is 9.81. The molecule has 1 amide bonds. The Labute approximate surface area is 153 Å². The number of amides is 1. The van der Waals surface area contributed by atoms with Gasteiger partial charge in [0.1, 0.15) is 12.4 Å². The minimum Gasteiger partial charge on any atom is -0.491 e. The van der Waals surface area contributed by atoms with Crippen molar-refractivity contribution >= 4 is 11.9 Å². The van der Waals surface area contributed by atoms with Crippen LogP contribution in [-0.2, 0) is 9.53 Å². The van der Waals surface area contributed by atoms with Gasteiger partial charge in [0.15, 0.2) is 0 Å². The van der Waals surface area contributed by atoms with Gasteiger partial charge in [0.25, 0.3) is 5.91 Å². The molecule has 2 aliphatic heterocycles. The molecule has 3 atom stereocenters. The predicted molar refractivity (Wildman–Crippen MR) is 94.2 cm³/mol. The lowest BCUT2D eigenvalue weighted by molar-refractivity contribution is -0.149. The predicted octanol–water partition coefficient (Wildman–Crippen LogP) is 2.57. The molecule has 0 bridgehead atoms. The summed E-state index contributed by atoms with van der Waals surface area (Å²) in [6.07, 6.45) is 4.77. The van der Waals surface area contributed by atoms with Crippen molar-refractivity contribution in [3.63, 3.8) is 0 Å². The van der Waals surface area contributed by atoms with Gasteiger partial charge in [-0.15, -0.1) is 0 Å². The minimum atomic E-state index is -0.756. The Morgan fingerprint density at radius 1 is 1.23 bits per heavy atom. The van der Waals surface area contributed by atoms with Crippen LogP contribution in [0.1, 0.15) is 42.5 Å². The SMILES string of the molecule is O=C(c1ccc(OCC2CCCO2)cc1)N1C[C@@H]2CCC[C@@]2(C(=O)O)C1. The van der Waals surface area contributed by atoms with Gasteiger partial charge in [0, 0.05) is 25.3 Å². The van der Waals surface area contributed by atoms with Crippen molar-refractivity contribution in [3.05, 3.63) is 29.8 Å². The first-order valence-corrected chi connectivity index (χ1v) is 9.46. The number of hydrogen-bond acceptors (Lipinski definition) is 4. The molecule has 1 aliphatic carbocycles. The molecule has 2 heterocycles. The first-order valence-electron chi connectivity index (χ1n) is 9.46. The van der Waals surface area contributed by atoms with Gasteiger partial charge < -0.3 is 19.5 Å². The highest BCUT2D eigenvalue weighted by molar-refractivity contribution is 5.95. The van der Waals surface area contributed by atoms with Gasteiger partial charge in [-0.25, -0.2) is 0 Å². The molecular formula is C20H25NO5. The molecule has 2 saturated heterocycles. The first-order chi connectivity index (χ1) is 12.6. The Hall–Kier alpha value is -2.08. The molecule has 3 fully saturated rings. The molecular weight excluding hydrogens is 334 g/mol. The quantitative estimate of drug-likeness (QED) is 0.874. The number of carboxylic acid groups (broad SMARTS) is 1. The fraction of sp³-hybridized carbons (Fsp3) is 0.600. The molecule has 140 valence electrons. The van der Waals surface area contributed by atoms with Crippen LogP contribution < -0.4 is 4.74 Å². The normalized spacial score (nSPS) is 30.4. The summed E-state index contributed by atoms with van der Waals surface area (Å²) < 4.78 is 11.3. The number of carboxylic acids is 1. The van der Waals surface area contributed by atoms with Crippen LogP contribution in [0.2, 0.25) is 0 Å². The zero-order valence-electron chi connectivity index (χ0n) is 14.9. The smallest absolute Gasteiger partial charge is 0.311 e. The molecule has 1 unspecified atom stereocenters. The Balaban J connectivity index is 1.38. The molecule has 1 saturated carbocycles. The van der Waals surface area contributed by atoms with E-state index in [0.717, 1.165) is 38.0 Å². The number of fused-ring (bicyclic) bond motifs is 1. The van der Waals surface area contributed by atoms with E-state index >= 15 is 0 Å². The topological polar surface area (TPSA) is 76.1 Å². The number of carbonyl (C=O) groups is 2. The molecule has 0 spiro atoms. The Morgan fingerprint density at radius 3 is 2.69 bits per heavy atom. The zero-order chi connectivity index (χ0) is 18.1. The third-order valence-corrected chi connectivity index (χ3v) is 6.15. The summed E-state index contributed by atoms with van der Waals surface area (Å²) in [4.78, 5) is 26.3. The monoisotopic (exact) mass is 359 g/mol. The molecule has 1 N–H and O–H groups in total. The van der Waals surface area contributed by atoms with Crippen LogP contribution in [0, 0.1) is 11.3 Å². The van der Waals surface area contributed by atoms with E-state index in [1.54, 1.807) is 29.2 Å². The molecule has 6 heteroatoms. The second-order valence-electron chi connectivity index (χ2n) is 7.71. The van der Waals surface area contributed by atoms with Crippen molar-refractivity contribution in [3.8, 4) is 5.75 Å². The number of benzene rings is 1. The van der Waals surface area contributed by atoms with Crippen LogP contribution in [0.3, 0.4) is 0 Å². The van der Waals surface area contributed by atoms with Gasteiger partial charge >= 0.3 is 5.97 Å². The molecule has 1 aromatic carbocycles. The average Bonchev–Trinajstić information content (AvgIpc) is 3.35. The van der Waals surface area contributed by atoms with Crippen LogP contribution in [0.5, 0.6) is 5.75 Å². The third-order valence-electron chi connectivity index (χ3n) is 6.15. The van der Waals surface area contributed by atoms with E-state index in [9.17, 15) is 14.7 Å². The number of aliphatic carboxylic acids is 1. The Kier molecular flexibility index (Phi) is 4.61. The van der Waals surface area contributed by atoms with Crippen molar-refractivity contribution in [2.75, 3.05) is 26.3 Å². The second kappa shape index (κ2) is 6.91. The summed E-state index contributed by atoms with van der Waals surface area (Å²) in [5.41, 5.74) is -0.157. The highest BCUT2D eigenvalue weighted by Crippen LogP contribution is 2.49. The van der Waals surface area contributed by atoms with Crippen LogP contribution in [0.15, 0.2) is 24.3 Å². The van der Waals surface area contributed by atoms with Gasteiger partial charge in [-0.1, -0.05) is 6.42 Å². The minimum absolute atomic E-state index is 0.0815. The maximum Gasteiger partial charge on any atom is 0.311 e. The molecule has 26 heavy (non-hydrogen) atoms. The highest BCUT2D eigenvalue weighted by atomic mass is 16.5. The summed E-state index contributed by atoms with van der Waals surface area (Å²) in [6.45, 7) is 2.20. The molecule has 1 aromatic rings. The molecule has 3 aliphatic rings. The molecule has 0 radical (unpaired) electrons. The molecule has 4 rings (SSSR count). The summed E-state index contributed by atoms with van der Waals surface area (Å²) in [5.74, 6) is -0.0470. The highest BCUT2D eigenvalue weighted by Gasteiger charge is 2.55. The van der Waals surface area contributed by atoms with E-state index in [1.807, 2.05) is 0 Å². The van der Waals surface area contributed by atoms with Crippen molar-refractivity contribution in [2.45, 2.75) is 38.2 Å². The van der Waals surface area contributed by atoms with Gasteiger partial charge in [0.05, 0.1) is 11.5 Å². The van der Waals surface area contributed by atoms with Crippen LogP contribution >= 0.6 is 0 Å². The summed E-state index contributed by atoms with van der Waals surface area (Å²) in [6, 6.07) is 7.11. The van der Waals surface area contributed by atoms with Crippen molar-refractivity contribution in [1.29, 1.82) is 0 Å². The fourth-order valence-corrected chi connectivity index (χ4v) is 4.63. The number of nitrogens with zero attached hydrogens (tertiary/aromatic N) is 1. The van der Waals surface area contributed by atoms with E-state index in [2.05, 4.69) is 0 Å². The van der Waals surface area contributed by atoms with Crippen LogP contribution in [-0.4, -0.2) is 54.3 Å². The number of hydrogen-bond donors (Lipinski definition) is 1. The zero-order valence-corrected chi connectivity index (χ0v) is 14.9. The van der Waals surface area contributed by atoms with E-state index < -0.39 is 11.4 Å². The van der Waals surface area contributed by atoms with E-state index in [1.165, 1.54) is 0 Å². The molecule has 0 aromatic heterocycles. The third kappa shape index (κ3) is 3.07. The van der Waals surface area contributed by atoms with E-state index in [0.29, 0.717) is 31.7 Å². The number of carbonyl (C=O) groups excluding carboxylic acids is 1. The number of rotatable bonds is 5. The Morgan fingerprint density at radius 2 is 2.04 bits per heavy atom. The standard InChI is InChI=1S/C20H25NO5/c22-18(21-11-15-3-1-9-20(15,13-21)19(23)24)14-5-7-16(8-6-14)26-12-17-4-2-10-25-17/h5-8,15,17H,1-4,9-13H2,(H,23,24)/t15-,17?,20+/m0/s1. The number of ether oxygens (including phenoxy) is 2. The molecule has 6 nitrogen and oxygen atoms in total. The Bertz CT molecular complexity index is 682.